The second-order valence-electron chi connectivity index (χ2n) is 5.78. The molecule has 3 rings (SSSR count). The molecule has 0 spiro atoms. The summed E-state index contributed by atoms with van der Waals surface area (Å²) in [4.78, 5) is 20.0. The molecule has 0 bridgehead atoms. The predicted molar refractivity (Wildman–Crippen MR) is 97.6 cm³/mol. The Bertz CT molecular complexity index is 1080. The van der Waals surface area contributed by atoms with Crippen molar-refractivity contribution >= 4 is 29.3 Å². The summed E-state index contributed by atoms with van der Waals surface area (Å²) in [7, 11) is 0. The van der Waals surface area contributed by atoms with E-state index in [1.165, 1.54) is 6.07 Å². The number of pyridine rings is 1. The number of carboxylic acids is 1. The van der Waals surface area contributed by atoms with Crippen molar-refractivity contribution in [1.29, 1.82) is 10.5 Å². The Kier molecular flexibility index (Phi) is 4.24. The van der Waals surface area contributed by atoms with Gasteiger partial charge in [-0.1, -0.05) is 12.1 Å². The first-order valence-corrected chi connectivity index (χ1v) is 7.70. The zero-order valence-corrected chi connectivity index (χ0v) is 14.1. The number of nitrogens with two attached hydrogens (primary N) is 2. The van der Waals surface area contributed by atoms with E-state index >= 15 is 0 Å². The van der Waals surface area contributed by atoms with Crippen LogP contribution in [0.5, 0.6) is 0 Å². The highest BCUT2D eigenvalue weighted by Crippen LogP contribution is 2.40. The zero-order valence-electron chi connectivity index (χ0n) is 14.1. The molecule has 0 aliphatic carbocycles. The van der Waals surface area contributed by atoms with Crippen LogP contribution in [0.25, 0.3) is 0 Å². The van der Waals surface area contributed by atoms with Crippen LogP contribution in [0.15, 0.2) is 23.2 Å². The zero-order chi connectivity index (χ0) is 19.7. The van der Waals surface area contributed by atoms with E-state index < -0.39 is 12.0 Å². The third-order valence-corrected chi connectivity index (χ3v) is 4.17. The highest BCUT2D eigenvalue weighted by Gasteiger charge is 2.30. The number of hydrogen-bond acceptors (Lipinski definition) is 9. The van der Waals surface area contributed by atoms with Gasteiger partial charge in [-0.25, -0.2) is 14.8 Å². The largest absolute Gasteiger partial charge is 0.478 e. The Morgan fingerprint density at radius 2 is 2.11 bits per heavy atom. The third kappa shape index (κ3) is 2.92. The summed E-state index contributed by atoms with van der Waals surface area (Å²) in [5.74, 6) is -0.806. The van der Waals surface area contributed by atoms with E-state index in [4.69, 9.17) is 16.7 Å². The minimum absolute atomic E-state index is 0.0120. The molecule has 0 radical (unpaired) electrons. The lowest BCUT2D eigenvalue weighted by atomic mass is 9.93. The van der Waals surface area contributed by atoms with Gasteiger partial charge in [0.2, 0.25) is 5.96 Å². The van der Waals surface area contributed by atoms with Gasteiger partial charge in [0, 0.05) is 5.56 Å². The van der Waals surface area contributed by atoms with E-state index in [2.05, 4.69) is 20.6 Å². The quantitative estimate of drug-likeness (QED) is 0.384. The third-order valence-electron chi connectivity index (χ3n) is 4.17. The van der Waals surface area contributed by atoms with Crippen LogP contribution in [0.4, 0.5) is 17.3 Å². The number of hydrogen-bond donors (Lipinski definition) is 5. The van der Waals surface area contributed by atoms with Crippen LogP contribution in [-0.2, 0) is 0 Å². The Hall–Kier alpha value is -4.31. The highest BCUT2D eigenvalue weighted by molar-refractivity contribution is 5.98. The fourth-order valence-corrected chi connectivity index (χ4v) is 2.86. The lowest BCUT2D eigenvalue weighted by Gasteiger charge is -2.26. The Labute approximate surface area is 153 Å². The summed E-state index contributed by atoms with van der Waals surface area (Å²) in [6, 6.07) is 5.96. The van der Waals surface area contributed by atoms with Gasteiger partial charge in [-0.2, -0.15) is 10.5 Å². The van der Waals surface area contributed by atoms with Gasteiger partial charge in [0.05, 0.1) is 11.3 Å². The van der Waals surface area contributed by atoms with Gasteiger partial charge in [0.25, 0.3) is 0 Å². The van der Waals surface area contributed by atoms with Crippen molar-refractivity contribution in [3.05, 3.63) is 46.0 Å². The van der Waals surface area contributed by atoms with Crippen molar-refractivity contribution in [1.82, 2.24) is 10.3 Å². The SMILES string of the molecule is Cc1ccc(C2N=C(NC#N)Nc3nc(N)c(C#N)c(N)c32)cc1C(=O)O. The van der Waals surface area contributed by atoms with E-state index in [1.54, 1.807) is 25.2 Å². The maximum absolute atomic E-state index is 11.5. The number of nitrogens with one attached hydrogen (secondary N) is 2. The van der Waals surface area contributed by atoms with Crippen molar-refractivity contribution in [2.45, 2.75) is 13.0 Å². The number of fused-ring (bicyclic) bond motifs is 1. The number of aromatic nitrogens is 1. The second kappa shape index (κ2) is 6.54. The topological polar surface area (TPSA) is 186 Å². The Morgan fingerprint density at radius 3 is 2.74 bits per heavy atom. The molecule has 1 aromatic carbocycles. The van der Waals surface area contributed by atoms with Crippen LogP contribution in [0.3, 0.4) is 0 Å². The molecule has 10 heteroatoms. The van der Waals surface area contributed by atoms with Crippen LogP contribution < -0.4 is 22.1 Å². The molecule has 1 atom stereocenters. The van der Waals surface area contributed by atoms with Gasteiger partial charge in [0.1, 0.15) is 29.3 Å². The predicted octanol–water partition coefficient (Wildman–Crippen LogP) is 1.07. The lowest BCUT2D eigenvalue weighted by Crippen LogP contribution is -2.32. The first-order chi connectivity index (χ1) is 12.9. The van der Waals surface area contributed by atoms with Gasteiger partial charge in [0.15, 0.2) is 6.19 Å². The van der Waals surface area contributed by atoms with E-state index in [9.17, 15) is 15.2 Å². The maximum Gasteiger partial charge on any atom is 0.335 e. The van der Waals surface area contributed by atoms with Crippen LogP contribution in [0, 0.1) is 29.7 Å². The molecular formula is C17H14N8O2. The number of nitrogen functional groups attached to an aromatic ring is 2. The molecule has 27 heavy (non-hydrogen) atoms. The summed E-state index contributed by atoms with van der Waals surface area (Å²) in [5.41, 5.74) is 13.6. The van der Waals surface area contributed by atoms with Crippen LogP contribution in [-0.4, -0.2) is 22.0 Å². The molecule has 2 aromatic rings. The molecule has 7 N–H and O–H groups in total. The fourth-order valence-electron chi connectivity index (χ4n) is 2.86. The van der Waals surface area contributed by atoms with Crippen LogP contribution in [0.2, 0.25) is 0 Å². The van der Waals surface area contributed by atoms with Crippen LogP contribution in [0.1, 0.15) is 38.7 Å². The number of aryl methyl sites for hydroxylation is 1. The van der Waals surface area contributed by atoms with Gasteiger partial charge >= 0.3 is 5.97 Å². The van der Waals surface area contributed by atoms with Crippen molar-refractivity contribution in [3.63, 3.8) is 0 Å². The van der Waals surface area contributed by atoms with E-state index in [1.807, 2.05) is 6.07 Å². The van der Waals surface area contributed by atoms with Crippen molar-refractivity contribution in [2.24, 2.45) is 4.99 Å². The Balaban J connectivity index is 2.27. The normalized spacial score (nSPS) is 14.8. The number of carboxylic acid groups (broad SMARTS) is 1. The molecule has 1 aliphatic rings. The number of nitriles is 2. The number of anilines is 3. The molecule has 0 saturated carbocycles. The number of carbonyl (C=O) groups is 1. The molecule has 0 amide bonds. The monoisotopic (exact) mass is 362 g/mol. The summed E-state index contributed by atoms with van der Waals surface area (Å²) < 4.78 is 0. The van der Waals surface area contributed by atoms with Gasteiger partial charge in [-0.05, 0) is 24.1 Å². The number of nitrogens with zero attached hydrogens (tertiary/aromatic N) is 4. The highest BCUT2D eigenvalue weighted by atomic mass is 16.4. The molecule has 0 saturated heterocycles. The average Bonchev–Trinajstić information content (AvgIpc) is 2.61. The number of aliphatic imine (C=N–C) groups is 1. The van der Waals surface area contributed by atoms with Gasteiger partial charge in [-0.15, -0.1) is 0 Å². The number of guanidine groups is 1. The van der Waals surface area contributed by atoms with Crippen molar-refractivity contribution in [2.75, 3.05) is 16.8 Å². The van der Waals surface area contributed by atoms with E-state index in [-0.39, 0.29) is 34.4 Å². The standard InChI is InChI=1S/C17H14N8O2/c1-7-2-3-8(4-9(7)16(26)27)13-11-12(20)10(5-18)14(21)24-15(11)25-17(23-13)22-6-19/h2-4,13H,1H3,(H,26,27)(H6,20,21,22,23,24,25). The second-order valence-corrected chi connectivity index (χ2v) is 5.78. The molecule has 1 unspecified atom stereocenters. The van der Waals surface area contributed by atoms with Crippen LogP contribution >= 0.6 is 0 Å². The van der Waals surface area contributed by atoms with E-state index in [0.29, 0.717) is 16.7 Å². The van der Waals surface area contributed by atoms with Crippen molar-refractivity contribution in [3.8, 4) is 12.3 Å². The first kappa shape index (κ1) is 17.5. The van der Waals surface area contributed by atoms with E-state index in [0.717, 1.165) is 0 Å². The van der Waals surface area contributed by atoms with Gasteiger partial charge in [-0.3, -0.25) is 5.32 Å². The fraction of sp³-hybridized carbons (Fsp3) is 0.118. The lowest BCUT2D eigenvalue weighted by molar-refractivity contribution is 0.0696. The number of rotatable bonds is 2. The first-order valence-electron chi connectivity index (χ1n) is 7.70. The molecule has 134 valence electrons. The minimum Gasteiger partial charge on any atom is -0.478 e. The number of benzene rings is 1. The smallest absolute Gasteiger partial charge is 0.335 e. The number of aromatic carboxylic acids is 1. The summed E-state index contributed by atoms with van der Waals surface area (Å²) in [5, 5.41) is 32.8. The molecule has 10 nitrogen and oxygen atoms in total. The maximum atomic E-state index is 11.5. The molecule has 0 fully saturated rings. The summed E-state index contributed by atoms with van der Waals surface area (Å²) in [6.45, 7) is 1.68. The van der Waals surface area contributed by atoms with Gasteiger partial charge < -0.3 is 21.9 Å². The molecule has 1 aliphatic heterocycles. The average molecular weight is 362 g/mol. The Morgan fingerprint density at radius 1 is 1.37 bits per heavy atom. The molecule has 2 heterocycles. The summed E-state index contributed by atoms with van der Waals surface area (Å²) >= 11 is 0. The molecule has 1 aromatic heterocycles. The molecular weight excluding hydrogens is 348 g/mol. The van der Waals surface area contributed by atoms with Crippen molar-refractivity contribution < 1.29 is 9.90 Å². The minimum atomic E-state index is -1.08. The summed E-state index contributed by atoms with van der Waals surface area (Å²) in [6.07, 6.45) is 1.75.